The van der Waals surface area contributed by atoms with E-state index in [4.69, 9.17) is 0 Å². The normalized spacial score (nSPS) is 17.4. The summed E-state index contributed by atoms with van der Waals surface area (Å²) in [4.78, 5) is 0. The molecule has 0 aliphatic rings. The van der Waals surface area contributed by atoms with E-state index in [0.717, 1.165) is 0 Å². The molecule has 0 nitrogen and oxygen atoms in total. The van der Waals surface area contributed by atoms with Gasteiger partial charge in [-0.3, -0.25) is 0 Å². The molecule has 0 unspecified atom stereocenters. The first-order chi connectivity index (χ1) is 3.31. The topological polar surface area (TPSA) is 0 Å². The molecule has 0 aliphatic carbocycles. The molecule has 0 saturated heterocycles. The van der Waals surface area contributed by atoms with Gasteiger partial charge in [-0.25, -0.2) is 0 Å². The molecule has 0 aromatic carbocycles. The third kappa shape index (κ3) is 6.57. The summed E-state index contributed by atoms with van der Waals surface area (Å²) in [6, 6.07) is 0. The molecule has 0 aliphatic heterocycles. The summed E-state index contributed by atoms with van der Waals surface area (Å²) in [5.74, 6) is 0.137. The van der Waals surface area contributed by atoms with Crippen LogP contribution in [0.5, 0.6) is 0 Å². The molecule has 0 fully saturated rings. The second-order valence-corrected chi connectivity index (χ2v) is 7.63. The van der Waals surface area contributed by atoms with Crippen molar-refractivity contribution in [3.8, 4) is 0 Å². The Morgan fingerprint density at radius 1 is 1.38 bits per heavy atom. The molecule has 0 heterocycles. The van der Waals surface area contributed by atoms with Crippen molar-refractivity contribution < 1.29 is 12.6 Å². The van der Waals surface area contributed by atoms with Gasteiger partial charge in [0.1, 0.15) is 0 Å². The van der Waals surface area contributed by atoms with Crippen molar-refractivity contribution in [2.24, 2.45) is 0 Å². The Labute approximate surface area is 50.9 Å². The summed E-state index contributed by atoms with van der Waals surface area (Å²) in [6.45, 7) is -3.79. The van der Waals surface area contributed by atoms with Crippen LogP contribution in [0.15, 0.2) is 0 Å². The van der Waals surface area contributed by atoms with Crippen molar-refractivity contribution >= 4 is 18.1 Å². The molecule has 5 heteroatoms. The van der Waals surface area contributed by atoms with Gasteiger partial charge in [0, 0.05) is 0 Å². The van der Waals surface area contributed by atoms with Crippen molar-refractivity contribution in [1.29, 1.82) is 0 Å². The molecule has 52 valence electrons. The quantitative estimate of drug-likeness (QED) is 0.563. The summed E-state index contributed by atoms with van der Waals surface area (Å²) >= 11 is 0.121. The Morgan fingerprint density at radius 2 is 1.75 bits per heavy atom. The van der Waals surface area contributed by atoms with Crippen LogP contribution in [-0.4, -0.2) is 12.4 Å². The van der Waals surface area contributed by atoms with Gasteiger partial charge in [-0.1, -0.05) is 0 Å². The van der Waals surface area contributed by atoms with E-state index in [2.05, 4.69) is 0 Å². The van der Waals surface area contributed by atoms with Gasteiger partial charge in [-0.2, -0.15) is 0 Å². The van der Waals surface area contributed by atoms with Crippen molar-refractivity contribution in [3.63, 3.8) is 0 Å². The first-order valence-corrected chi connectivity index (χ1v) is 6.08. The number of rotatable bonds is 2. The number of hydrogen-bond acceptors (Lipinski definition) is 1. The molecule has 0 bridgehead atoms. The third-order valence-corrected chi connectivity index (χ3v) is 3.64. The van der Waals surface area contributed by atoms with Crippen LogP contribution in [0.3, 0.4) is 0 Å². The van der Waals surface area contributed by atoms with Crippen molar-refractivity contribution in [2.45, 2.75) is 6.92 Å². The molecular formula is C3H8F3PS. The summed E-state index contributed by atoms with van der Waals surface area (Å²) in [5, 5.41) is 0. The summed E-state index contributed by atoms with van der Waals surface area (Å²) in [5.41, 5.74) is 0. The molecule has 0 saturated carbocycles. The Bertz CT molecular complexity index is 77.0. The Morgan fingerprint density at radius 3 is 1.75 bits per heavy atom. The van der Waals surface area contributed by atoms with E-state index in [0.29, 0.717) is 6.66 Å². The predicted molar refractivity (Wildman–Crippen MR) is 34.3 cm³/mol. The monoisotopic (exact) mass is 164 g/mol. The summed E-state index contributed by atoms with van der Waals surface area (Å²) < 4.78 is 35.5. The fraction of sp³-hybridized carbons (Fsp3) is 1.00. The Hall–Kier alpha value is 0.570. The van der Waals surface area contributed by atoms with Crippen molar-refractivity contribution in [3.05, 3.63) is 0 Å². The zero-order chi connectivity index (χ0) is 6.86. The molecule has 0 atom stereocenters. The fourth-order valence-corrected chi connectivity index (χ4v) is 2.48. The average molecular weight is 164 g/mol. The first-order valence-electron chi connectivity index (χ1n) is 2.13. The standard InChI is InChI=1S/C3H8F3PS/c1-3-8-7(2,4,5)6/h3H2,1-2H3. The van der Waals surface area contributed by atoms with E-state index >= 15 is 0 Å². The van der Waals surface area contributed by atoms with Gasteiger partial charge in [0.25, 0.3) is 0 Å². The average Bonchev–Trinajstić information content (AvgIpc) is 1.25. The van der Waals surface area contributed by atoms with Gasteiger partial charge in [-0.15, -0.1) is 0 Å². The molecular weight excluding hydrogens is 156 g/mol. The van der Waals surface area contributed by atoms with Crippen molar-refractivity contribution in [1.82, 2.24) is 0 Å². The van der Waals surface area contributed by atoms with E-state index in [-0.39, 0.29) is 17.1 Å². The van der Waals surface area contributed by atoms with Gasteiger partial charge in [0.05, 0.1) is 0 Å². The number of halogens is 3. The zero-order valence-electron chi connectivity index (χ0n) is 4.70. The van der Waals surface area contributed by atoms with E-state index in [9.17, 15) is 12.6 Å². The van der Waals surface area contributed by atoms with Crippen LogP contribution in [0.25, 0.3) is 0 Å². The number of hydrogen-bond donors (Lipinski definition) is 0. The second-order valence-electron chi connectivity index (χ2n) is 1.51. The maximum absolute atomic E-state index is 11.8. The SMILES string of the molecule is CCSP(C)(F)(F)F. The van der Waals surface area contributed by atoms with Crippen molar-refractivity contribution in [2.75, 3.05) is 12.4 Å². The van der Waals surface area contributed by atoms with Crippen LogP contribution in [0.1, 0.15) is 6.92 Å². The Kier molecular flexibility index (Phi) is 2.22. The fourth-order valence-electron chi connectivity index (χ4n) is 0.275. The van der Waals surface area contributed by atoms with E-state index < -0.39 is 6.74 Å². The van der Waals surface area contributed by atoms with Gasteiger partial charge < -0.3 is 0 Å². The minimum atomic E-state index is -5.69. The molecule has 0 aromatic rings. The second kappa shape index (κ2) is 2.07. The summed E-state index contributed by atoms with van der Waals surface area (Å²) in [6.07, 6.45) is 0. The molecule has 0 N–H and O–H groups in total. The van der Waals surface area contributed by atoms with E-state index in [1.807, 2.05) is 0 Å². The van der Waals surface area contributed by atoms with Crippen LogP contribution in [0.4, 0.5) is 12.6 Å². The first kappa shape index (κ1) is 8.57. The molecule has 8 heavy (non-hydrogen) atoms. The molecule has 0 radical (unpaired) electrons. The Balaban J connectivity index is 3.73. The molecule has 0 rings (SSSR count). The van der Waals surface area contributed by atoms with Gasteiger partial charge >= 0.3 is 50.1 Å². The summed E-state index contributed by atoms with van der Waals surface area (Å²) in [7, 11) is 0. The van der Waals surface area contributed by atoms with Gasteiger partial charge in [-0.05, 0) is 0 Å². The van der Waals surface area contributed by atoms with E-state index in [1.54, 1.807) is 0 Å². The van der Waals surface area contributed by atoms with Crippen LogP contribution < -0.4 is 0 Å². The maximum atomic E-state index is 11.8. The van der Waals surface area contributed by atoms with Crippen LogP contribution in [0, 0.1) is 0 Å². The van der Waals surface area contributed by atoms with Gasteiger partial charge in [0.2, 0.25) is 0 Å². The van der Waals surface area contributed by atoms with E-state index in [1.165, 1.54) is 6.92 Å². The van der Waals surface area contributed by atoms with Crippen LogP contribution >= 0.6 is 18.1 Å². The predicted octanol–water partition coefficient (Wildman–Crippen LogP) is 3.49. The minimum absolute atomic E-state index is 0.121. The molecule has 0 amide bonds. The molecule has 0 aromatic heterocycles. The zero-order valence-corrected chi connectivity index (χ0v) is 6.41. The van der Waals surface area contributed by atoms with Crippen LogP contribution in [0.2, 0.25) is 0 Å². The van der Waals surface area contributed by atoms with Gasteiger partial charge in [0.15, 0.2) is 0 Å². The third-order valence-electron chi connectivity index (χ3n) is 0.405. The van der Waals surface area contributed by atoms with Crippen LogP contribution in [-0.2, 0) is 0 Å². The molecule has 0 spiro atoms.